The van der Waals surface area contributed by atoms with E-state index < -0.39 is 29.6 Å². The topological polar surface area (TPSA) is 84.0 Å². The number of rotatable bonds is 1. The van der Waals surface area contributed by atoms with Crippen LogP contribution in [0.25, 0.3) is 0 Å². The van der Waals surface area contributed by atoms with Gasteiger partial charge in [0.05, 0.1) is 0 Å². The van der Waals surface area contributed by atoms with E-state index in [0.29, 0.717) is 10.5 Å². The first kappa shape index (κ1) is 18.6. The number of nitrogens with zero attached hydrogens (tertiary/aromatic N) is 2. The van der Waals surface area contributed by atoms with Crippen LogP contribution >= 0.6 is 15.9 Å². The fourth-order valence-corrected chi connectivity index (χ4v) is 3.53. The predicted molar refractivity (Wildman–Crippen MR) is 95.1 cm³/mol. The van der Waals surface area contributed by atoms with E-state index in [4.69, 9.17) is 4.74 Å². The second kappa shape index (κ2) is 6.50. The Balaban J connectivity index is 1.84. The van der Waals surface area contributed by atoms with Crippen LogP contribution in [0.2, 0.25) is 0 Å². The molecule has 1 aromatic rings. The molecule has 0 radical (unpaired) electrons. The van der Waals surface area contributed by atoms with Gasteiger partial charge in [-0.05, 0) is 51.0 Å². The summed E-state index contributed by atoms with van der Waals surface area (Å²) in [7, 11) is 0. The molecule has 0 N–H and O–H groups in total. The summed E-state index contributed by atoms with van der Waals surface area (Å²) in [4.78, 5) is 51.9. The Hall–Kier alpha value is -2.22. The van der Waals surface area contributed by atoms with Crippen LogP contribution in [0.3, 0.4) is 0 Å². The van der Waals surface area contributed by atoms with Gasteiger partial charge in [-0.3, -0.25) is 14.4 Å². The normalized spacial score (nSPS) is 20.5. The van der Waals surface area contributed by atoms with Gasteiger partial charge in [0.15, 0.2) is 0 Å². The number of amides is 4. The van der Waals surface area contributed by atoms with Gasteiger partial charge in [0, 0.05) is 23.0 Å². The number of hydrogen-bond donors (Lipinski definition) is 0. The minimum atomic E-state index is -0.996. The molecule has 0 spiro atoms. The molecule has 0 aromatic heterocycles. The fraction of sp³-hybridized carbons (Fsp3) is 0.444. The Kier molecular flexibility index (Phi) is 4.64. The van der Waals surface area contributed by atoms with Gasteiger partial charge in [-0.25, -0.2) is 4.79 Å². The van der Waals surface area contributed by atoms with Crippen molar-refractivity contribution >= 4 is 39.7 Å². The monoisotopic (exact) mass is 422 g/mol. The molecule has 8 heteroatoms. The molecular formula is C18H19BrN2O5. The van der Waals surface area contributed by atoms with E-state index >= 15 is 0 Å². The van der Waals surface area contributed by atoms with Crippen molar-refractivity contribution in [1.29, 1.82) is 0 Å². The number of hydrogen-bond acceptors (Lipinski definition) is 5. The third-order valence-electron chi connectivity index (χ3n) is 4.24. The summed E-state index contributed by atoms with van der Waals surface area (Å²) >= 11 is 3.37. The molecular weight excluding hydrogens is 404 g/mol. The van der Waals surface area contributed by atoms with E-state index in [1.807, 2.05) is 6.07 Å². The maximum Gasteiger partial charge on any atom is 0.424 e. The third-order valence-corrected chi connectivity index (χ3v) is 4.73. The van der Waals surface area contributed by atoms with Crippen molar-refractivity contribution in [3.05, 3.63) is 33.8 Å². The van der Waals surface area contributed by atoms with Gasteiger partial charge in [0.25, 0.3) is 11.8 Å². The Morgan fingerprint density at radius 1 is 1.23 bits per heavy atom. The molecule has 2 aliphatic rings. The van der Waals surface area contributed by atoms with Gasteiger partial charge in [-0.15, -0.1) is 0 Å². The van der Waals surface area contributed by atoms with Crippen LogP contribution in [0, 0.1) is 0 Å². The number of halogens is 1. The summed E-state index contributed by atoms with van der Waals surface area (Å²) in [5.41, 5.74) is 0.496. The lowest BCUT2D eigenvalue weighted by atomic mass is 10.0. The van der Waals surface area contributed by atoms with Gasteiger partial charge in [0.1, 0.15) is 11.6 Å². The lowest BCUT2D eigenvalue weighted by Crippen LogP contribution is -2.57. The summed E-state index contributed by atoms with van der Waals surface area (Å²) < 4.78 is 6.01. The largest absolute Gasteiger partial charge is 0.443 e. The number of fused-ring (bicyclic) bond motifs is 1. The number of carbonyl (C=O) groups excluding carboxylic acids is 4. The first-order valence-electron chi connectivity index (χ1n) is 8.27. The highest BCUT2D eigenvalue weighted by Gasteiger charge is 2.46. The number of imide groups is 3. The van der Waals surface area contributed by atoms with Gasteiger partial charge in [-0.1, -0.05) is 15.9 Å². The van der Waals surface area contributed by atoms with Crippen molar-refractivity contribution in [3.63, 3.8) is 0 Å². The van der Waals surface area contributed by atoms with E-state index in [1.165, 1.54) is 4.90 Å². The standard InChI is InChI=1S/C18H19BrN2O5/c1-18(2,3)26-17(25)21-14(22)7-6-13(16(21)24)20-9-10-8-11(19)4-5-12(10)15(20)23/h4-5,8,13H,6-7,9H2,1-3H3. The van der Waals surface area contributed by atoms with Crippen molar-refractivity contribution in [3.8, 4) is 0 Å². The third kappa shape index (κ3) is 3.38. The van der Waals surface area contributed by atoms with E-state index in [9.17, 15) is 19.2 Å². The van der Waals surface area contributed by atoms with Crippen molar-refractivity contribution in [2.75, 3.05) is 0 Å². The maximum atomic E-state index is 12.8. The van der Waals surface area contributed by atoms with Gasteiger partial charge >= 0.3 is 6.09 Å². The van der Waals surface area contributed by atoms with Crippen LogP contribution in [-0.2, 0) is 20.9 Å². The molecule has 1 aromatic carbocycles. The summed E-state index contributed by atoms with van der Waals surface area (Å²) in [5, 5.41) is 0. The van der Waals surface area contributed by atoms with Crippen LogP contribution in [-0.4, -0.2) is 45.3 Å². The number of ether oxygens (including phenoxy) is 1. The molecule has 138 valence electrons. The van der Waals surface area contributed by atoms with Crippen LogP contribution < -0.4 is 0 Å². The summed E-state index contributed by atoms with van der Waals surface area (Å²) in [6.45, 7) is 5.22. The van der Waals surface area contributed by atoms with E-state index in [2.05, 4.69) is 15.9 Å². The minimum Gasteiger partial charge on any atom is -0.443 e. The molecule has 3 rings (SSSR count). The van der Waals surface area contributed by atoms with Crippen LogP contribution in [0.1, 0.15) is 49.5 Å². The smallest absolute Gasteiger partial charge is 0.424 e. The average Bonchev–Trinajstić information content (AvgIpc) is 2.82. The molecule has 1 unspecified atom stereocenters. The molecule has 0 saturated carbocycles. The molecule has 4 amide bonds. The highest BCUT2D eigenvalue weighted by atomic mass is 79.9. The van der Waals surface area contributed by atoms with Crippen molar-refractivity contribution in [2.24, 2.45) is 0 Å². The molecule has 1 saturated heterocycles. The zero-order valence-corrected chi connectivity index (χ0v) is 16.3. The number of benzene rings is 1. The quantitative estimate of drug-likeness (QED) is 0.649. The van der Waals surface area contributed by atoms with Gasteiger partial charge in [0.2, 0.25) is 5.91 Å². The lowest BCUT2D eigenvalue weighted by Gasteiger charge is -2.35. The molecule has 2 aliphatic heterocycles. The Morgan fingerprint density at radius 2 is 1.92 bits per heavy atom. The molecule has 7 nitrogen and oxygen atoms in total. The second-order valence-electron chi connectivity index (χ2n) is 7.34. The SMILES string of the molecule is CC(C)(C)OC(=O)N1C(=O)CCC(N2Cc3cc(Br)ccc3C2=O)C1=O. The van der Waals surface area contributed by atoms with E-state index in [-0.39, 0.29) is 25.3 Å². The summed E-state index contributed by atoms with van der Waals surface area (Å²) in [6, 6.07) is 4.43. The molecule has 0 bridgehead atoms. The Morgan fingerprint density at radius 3 is 2.58 bits per heavy atom. The predicted octanol–water partition coefficient (Wildman–Crippen LogP) is 2.86. The Bertz CT molecular complexity index is 814. The molecule has 1 atom stereocenters. The number of carbonyl (C=O) groups is 4. The van der Waals surface area contributed by atoms with Gasteiger partial charge in [-0.2, -0.15) is 4.90 Å². The number of likely N-dealkylation sites (tertiary alicyclic amines) is 1. The molecule has 0 aliphatic carbocycles. The van der Waals surface area contributed by atoms with E-state index in [1.54, 1.807) is 32.9 Å². The summed E-state index contributed by atoms with van der Waals surface area (Å²) in [5.74, 6) is -1.59. The first-order valence-corrected chi connectivity index (χ1v) is 9.07. The van der Waals surface area contributed by atoms with Crippen molar-refractivity contribution in [1.82, 2.24) is 9.80 Å². The van der Waals surface area contributed by atoms with E-state index in [0.717, 1.165) is 10.0 Å². The molecule has 2 heterocycles. The second-order valence-corrected chi connectivity index (χ2v) is 8.25. The van der Waals surface area contributed by atoms with Crippen LogP contribution in [0.4, 0.5) is 4.79 Å². The zero-order valence-electron chi connectivity index (χ0n) is 14.7. The first-order chi connectivity index (χ1) is 12.1. The van der Waals surface area contributed by atoms with Crippen LogP contribution in [0.5, 0.6) is 0 Å². The van der Waals surface area contributed by atoms with Crippen molar-refractivity contribution < 1.29 is 23.9 Å². The lowest BCUT2D eigenvalue weighted by molar-refractivity contribution is -0.150. The average molecular weight is 423 g/mol. The number of piperidine rings is 1. The Labute approximate surface area is 159 Å². The maximum absolute atomic E-state index is 12.8. The fourth-order valence-electron chi connectivity index (χ4n) is 3.12. The zero-order chi connectivity index (χ0) is 19.2. The molecule has 1 fully saturated rings. The van der Waals surface area contributed by atoms with Crippen molar-refractivity contribution in [2.45, 2.75) is 51.8 Å². The van der Waals surface area contributed by atoms with Crippen LogP contribution in [0.15, 0.2) is 22.7 Å². The highest BCUT2D eigenvalue weighted by molar-refractivity contribution is 9.10. The summed E-state index contributed by atoms with van der Waals surface area (Å²) in [6.07, 6.45) is -0.804. The van der Waals surface area contributed by atoms with Gasteiger partial charge < -0.3 is 9.64 Å². The molecule has 26 heavy (non-hydrogen) atoms. The highest BCUT2D eigenvalue weighted by Crippen LogP contribution is 2.31. The minimum absolute atomic E-state index is 0.000527.